The molecule has 6 nitrogen and oxygen atoms in total. The molecule has 0 aromatic heterocycles. The first kappa shape index (κ1) is 33.8. The van der Waals surface area contributed by atoms with E-state index in [9.17, 15) is 19.8 Å². The second kappa shape index (κ2) is 12.7. The van der Waals surface area contributed by atoms with E-state index in [1.54, 1.807) is 24.3 Å². The molecule has 4 aromatic carbocycles. The highest BCUT2D eigenvalue weighted by molar-refractivity contribution is 6.05. The molecule has 0 saturated carbocycles. The van der Waals surface area contributed by atoms with Crippen molar-refractivity contribution in [2.45, 2.75) is 82.7 Å². The third kappa shape index (κ3) is 5.83. The van der Waals surface area contributed by atoms with Gasteiger partial charge in [0.2, 0.25) is 11.8 Å². The standard InChI is InChI=1S/C43H46N2O4/c1-7-9-29-27-33(15-21-37(29)46)41(3,4)31-11-17-35(18-12-31)44-39(48)23-25-43(44)26-24-40(49)45(43)36-19-13-32(14-20-36)42(5,6)34-16-22-38(47)30(28-34)10-8-2/h7-8,11-22,27-28,46-47H,1-2,9-10,23-26H2,3-6H3. The fourth-order valence-electron chi connectivity index (χ4n) is 7.72. The van der Waals surface area contributed by atoms with E-state index in [1.165, 1.54) is 0 Å². The Kier molecular flexibility index (Phi) is 8.78. The molecule has 2 aliphatic heterocycles. The lowest BCUT2D eigenvalue weighted by molar-refractivity contribution is -0.117. The van der Waals surface area contributed by atoms with Crippen molar-refractivity contribution >= 4 is 23.2 Å². The van der Waals surface area contributed by atoms with Gasteiger partial charge in [0.05, 0.1) is 0 Å². The summed E-state index contributed by atoms with van der Waals surface area (Å²) in [7, 11) is 0. The predicted molar refractivity (Wildman–Crippen MR) is 197 cm³/mol. The summed E-state index contributed by atoms with van der Waals surface area (Å²) >= 11 is 0. The largest absolute Gasteiger partial charge is 0.508 e. The summed E-state index contributed by atoms with van der Waals surface area (Å²) < 4.78 is 0. The van der Waals surface area contributed by atoms with Crippen LogP contribution < -0.4 is 9.80 Å². The Balaban J connectivity index is 1.30. The molecule has 2 fully saturated rings. The number of anilines is 2. The molecule has 2 amide bonds. The van der Waals surface area contributed by atoms with Gasteiger partial charge in [0, 0.05) is 35.0 Å². The molecule has 2 N–H and O–H groups in total. The van der Waals surface area contributed by atoms with Gasteiger partial charge in [0.25, 0.3) is 0 Å². The van der Waals surface area contributed by atoms with Crippen LogP contribution >= 0.6 is 0 Å². The smallest absolute Gasteiger partial charge is 0.229 e. The van der Waals surface area contributed by atoms with Gasteiger partial charge in [0.1, 0.15) is 17.2 Å². The Hall–Kier alpha value is -5.10. The summed E-state index contributed by atoms with van der Waals surface area (Å²) in [6.45, 7) is 16.2. The van der Waals surface area contributed by atoms with Crippen molar-refractivity contribution < 1.29 is 19.8 Å². The van der Waals surface area contributed by atoms with E-state index in [-0.39, 0.29) is 34.1 Å². The third-order valence-electron chi connectivity index (χ3n) is 10.8. The number of phenols is 2. The monoisotopic (exact) mass is 654 g/mol. The minimum absolute atomic E-state index is 0.0136. The molecule has 0 bridgehead atoms. The summed E-state index contributed by atoms with van der Waals surface area (Å²) in [5.74, 6) is 0.549. The van der Waals surface area contributed by atoms with Gasteiger partial charge in [-0.15, -0.1) is 13.2 Å². The molecule has 0 unspecified atom stereocenters. The van der Waals surface area contributed by atoms with E-state index >= 15 is 0 Å². The highest BCUT2D eigenvalue weighted by Crippen LogP contribution is 2.48. The van der Waals surface area contributed by atoms with Crippen LogP contribution in [-0.2, 0) is 33.3 Å². The molecular weight excluding hydrogens is 608 g/mol. The first-order valence-electron chi connectivity index (χ1n) is 17.1. The minimum Gasteiger partial charge on any atom is -0.508 e. The number of benzene rings is 4. The van der Waals surface area contributed by atoms with E-state index < -0.39 is 5.66 Å². The van der Waals surface area contributed by atoms with Gasteiger partial charge >= 0.3 is 0 Å². The maximum Gasteiger partial charge on any atom is 0.229 e. The van der Waals surface area contributed by atoms with Crippen molar-refractivity contribution in [2.24, 2.45) is 0 Å². The van der Waals surface area contributed by atoms with Crippen LogP contribution in [0.5, 0.6) is 11.5 Å². The van der Waals surface area contributed by atoms with Crippen LogP contribution in [0.2, 0.25) is 0 Å². The zero-order chi connectivity index (χ0) is 35.1. The van der Waals surface area contributed by atoms with E-state index in [0.717, 1.165) is 44.8 Å². The number of carbonyl (C=O) groups excluding carboxylic acids is 2. The Morgan fingerprint density at radius 3 is 1.31 bits per heavy atom. The van der Waals surface area contributed by atoms with Gasteiger partial charge in [-0.2, -0.15) is 0 Å². The zero-order valence-electron chi connectivity index (χ0n) is 29.0. The summed E-state index contributed by atoms with van der Waals surface area (Å²) in [4.78, 5) is 31.0. The van der Waals surface area contributed by atoms with Crippen LogP contribution in [0.1, 0.15) is 86.8 Å². The van der Waals surface area contributed by atoms with Crippen LogP contribution in [0.15, 0.2) is 110 Å². The number of hydrogen-bond acceptors (Lipinski definition) is 4. The van der Waals surface area contributed by atoms with Gasteiger partial charge in [-0.25, -0.2) is 0 Å². The number of amides is 2. The van der Waals surface area contributed by atoms with Gasteiger partial charge in [-0.05, 0) is 95.5 Å². The molecule has 6 rings (SSSR count). The Morgan fingerprint density at radius 1 is 0.612 bits per heavy atom. The minimum atomic E-state index is -0.769. The van der Waals surface area contributed by atoms with E-state index in [0.29, 0.717) is 38.5 Å². The van der Waals surface area contributed by atoms with Crippen LogP contribution in [0.3, 0.4) is 0 Å². The average molecular weight is 655 g/mol. The lowest BCUT2D eigenvalue weighted by atomic mass is 9.77. The number of rotatable bonds is 10. The molecule has 0 atom stereocenters. The molecule has 252 valence electrons. The van der Waals surface area contributed by atoms with Crippen LogP contribution in [0.25, 0.3) is 0 Å². The Morgan fingerprint density at radius 2 is 0.959 bits per heavy atom. The van der Waals surface area contributed by atoms with Crippen molar-refractivity contribution in [1.29, 1.82) is 0 Å². The molecule has 6 heteroatoms. The fraction of sp³-hybridized carbons (Fsp3) is 0.302. The van der Waals surface area contributed by atoms with Crippen LogP contribution in [-0.4, -0.2) is 27.7 Å². The molecule has 0 radical (unpaired) electrons. The lowest BCUT2D eigenvalue weighted by Gasteiger charge is -2.42. The number of phenolic OH excluding ortho intramolecular Hbond substituents is 2. The van der Waals surface area contributed by atoms with Crippen molar-refractivity contribution in [3.05, 3.63) is 144 Å². The van der Waals surface area contributed by atoms with Crippen LogP contribution in [0.4, 0.5) is 11.4 Å². The van der Waals surface area contributed by atoms with Crippen molar-refractivity contribution in [3.63, 3.8) is 0 Å². The number of hydrogen-bond donors (Lipinski definition) is 2. The molecule has 1 spiro atoms. The SMILES string of the molecule is C=CCc1cc(C(C)(C)c2ccc(N3C(=O)CCC34CCC(=O)N4c3ccc(C(C)(C)c4ccc(O)c(CC=C)c4)cc3)cc2)ccc1O. The van der Waals surface area contributed by atoms with E-state index in [2.05, 4.69) is 65.1 Å². The molecular formula is C43H46N2O4. The summed E-state index contributed by atoms with van der Waals surface area (Å²) in [6.07, 6.45) is 6.61. The number of allylic oxidation sites excluding steroid dienone is 2. The topological polar surface area (TPSA) is 81.1 Å². The number of aromatic hydroxyl groups is 2. The molecule has 49 heavy (non-hydrogen) atoms. The molecule has 2 saturated heterocycles. The van der Waals surface area contributed by atoms with Crippen molar-refractivity contribution in [3.8, 4) is 11.5 Å². The summed E-state index contributed by atoms with van der Waals surface area (Å²) in [5, 5.41) is 20.6. The van der Waals surface area contributed by atoms with Gasteiger partial charge < -0.3 is 10.2 Å². The average Bonchev–Trinajstić information content (AvgIpc) is 3.60. The van der Waals surface area contributed by atoms with E-state index in [4.69, 9.17) is 0 Å². The molecule has 0 aliphatic carbocycles. The summed E-state index contributed by atoms with van der Waals surface area (Å²) in [5.41, 5.74) is 6.06. The van der Waals surface area contributed by atoms with Gasteiger partial charge in [-0.1, -0.05) is 88.4 Å². The molecule has 4 aromatic rings. The third-order valence-corrected chi connectivity index (χ3v) is 10.8. The number of nitrogens with zero attached hydrogens (tertiary/aromatic N) is 2. The Bertz CT molecular complexity index is 1780. The van der Waals surface area contributed by atoms with Crippen LogP contribution in [0, 0.1) is 0 Å². The van der Waals surface area contributed by atoms with Crippen molar-refractivity contribution in [2.75, 3.05) is 9.80 Å². The van der Waals surface area contributed by atoms with E-state index in [1.807, 2.05) is 58.3 Å². The van der Waals surface area contributed by atoms with Gasteiger partial charge in [0.15, 0.2) is 0 Å². The molecule has 2 aliphatic rings. The first-order valence-corrected chi connectivity index (χ1v) is 17.1. The second-order valence-corrected chi connectivity index (χ2v) is 14.5. The maximum atomic E-state index is 13.6. The zero-order valence-corrected chi connectivity index (χ0v) is 29.0. The fourth-order valence-corrected chi connectivity index (χ4v) is 7.72. The quantitative estimate of drug-likeness (QED) is 0.168. The lowest BCUT2D eigenvalue weighted by Crippen LogP contribution is -2.56. The molecule has 2 heterocycles. The first-order chi connectivity index (χ1) is 23.3. The van der Waals surface area contributed by atoms with Crippen molar-refractivity contribution in [1.82, 2.24) is 0 Å². The predicted octanol–water partition coefficient (Wildman–Crippen LogP) is 8.86. The Labute approximate surface area is 290 Å². The van der Waals surface area contributed by atoms with Gasteiger partial charge in [-0.3, -0.25) is 19.4 Å². The number of carbonyl (C=O) groups is 2. The highest BCUT2D eigenvalue weighted by atomic mass is 16.3. The summed E-state index contributed by atoms with van der Waals surface area (Å²) in [6, 6.07) is 27.7. The highest BCUT2D eigenvalue weighted by Gasteiger charge is 2.56. The second-order valence-electron chi connectivity index (χ2n) is 14.5. The normalized spacial score (nSPS) is 16.1. The maximum absolute atomic E-state index is 13.6.